The first kappa shape index (κ1) is 21.6. The van der Waals surface area contributed by atoms with Gasteiger partial charge in [-0.3, -0.25) is 9.05 Å². The van der Waals surface area contributed by atoms with Crippen molar-refractivity contribution in [3.63, 3.8) is 0 Å². The van der Waals surface area contributed by atoms with Gasteiger partial charge >= 0.3 is 72.9 Å². The van der Waals surface area contributed by atoms with E-state index in [4.69, 9.17) is 4.89 Å². The summed E-state index contributed by atoms with van der Waals surface area (Å²) in [6, 6.07) is 0. The normalized spacial score (nSPS) is 12.7. The molecule has 0 aliphatic heterocycles. The first-order valence-corrected chi connectivity index (χ1v) is 4.83. The van der Waals surface area contributed by atoms with Crippen molar-refractivity contribution in [2.75, 3.05) is 20.3 Å². The number of hydrogen-bond donors (Lipinski definition) is 1. The molecule has 0 bridgehead atoms. The smallest absolute Gasteiger partial charge is 1.00 e. The van der Waals surface area contributed by atoms with Crippen LogP contribution in [0.15, 0.2) is 12.7 Å². The van der Waals surface area contributed by atoms with Crippen molar-refractivity contribution in [2.24, 2.45) is 0 Å². The third-order valence-corrected chi connectivity index (χ3v) is 1.95. The van der Waals surface area contributed by atoms with E-state index in [-0.39, 0.29) is 75.2 Å². The molecular formula is C6H13Na2O6P. The fourth-order valence-electron chi connectivity index (χ4n) is 0.407. The Balaban J connectivity index is -0.000000120. The second-order valence-electron chi connectivity index (χ2n) is 1.86. The topological polar surface area (TPSA) is 82.1 Å². The van der Waals surface area contributed by atoms with Gasteiger partial charge in [0, 0.05) is 13.2 Å². The summed E-state index contributed by atoms with van der Waals surface area (Å²) in [5.74, 6) is -0.617. The maximum atomic E-state index is 10.6. The van der Waals surface area contributed by atoms with Gasteiger partial charge in [-0.2, -0.15) is 0 Å². The van der Waals surface area contributed by atoms with E-state index in [1.54, 1.807) is 0 Å². The molecule has 15 heavy (non-hydrogen) atoms. The van der Waals surface area contributed by atoms with Gasteiger partial charge < -0.3 is 12.5 Å². The molecule has 0 aromatic carbocycles. The molecule has 0 aliphatic carbocycles. The zero-order valence-corrected chi connectivity index (χ0v) is 14.0. The van der Waals surface area contributed by atoms with E-state index in [1.165, 1.54) is 0 Å². The van der Waals surface area contributed by atoms with Crippen LogP contribution in [0.1, 0.15) is 2.85 Å². The van der Waals surface area contributed by atoms with E-state index >= 15 is 0 Å². The van der Waals surface area contributed by atoms with Gasteiger partial charge in [-0.05, 0) is 0 Å². The zero-order chi connectivity index (χ0) is 10.3. The molecule has 0 radical (unpaired) electrons. The van der Waals surface area contributed by atoms with Gasteiger partial charge in [0.25, 0.3) is 0 Å². The Bertz CT molecular complexity index is 243. The molecule has 6 nitrogen and oxygen atoms in total. The quantitative estimate of drug-likeness (QED) is 0.168. The molecule has 0 rings (SSSR count). The van der Waals surface area contributed by atoms with E-state index in [0.29, 0.717) is 0 Å². The summed E-state index contributed by atoms with van der Waals surface area (Å²) < 4.78 is 23.6. The average Bonchev–Trinajstić information content (AvgIpc) is 2.12. The number of rotatable bonds is 6. The average molecular weight is 258 g/mol. The largest absolute Gasteiger partial charge is 1.00 e. The number of carbonyl (C=O) groups excluding carboxylic acids is 1. The van der Waals surface area contributed by atoms with E-state index in [2.05, 4.69) is 20.4 Å². The minimum absolute atomic E-state index is 0. The molecule has 0 aromatic heterocycles. The van der Waals surface area contributed by atoms with Crippen LogP contribution in [-0.4, -0.2) is 31.2 Å². The summed E-state index contributed by atoms with van der Waals surface area (Å²) in [6.07, 6.45) is 0.981. The number of phosphoric acid groups is 1. The van der Waals surface area contributed by atoms with Gasteiger partial charge in [-0.25, -0.2) is 9.36 Å². The SMILES string of the molecule is C=CC(=O)OCCOP(=O)(O)OC.[H-].[H-].[Na+].[Na+]. The fourth-order valence-corrected chi connectivity index (χ4v) is 0.817. The number of carbonyl (C=O) groups is 1. The molecule has 1 N–H and O–H groups in total. The molecule has 0 spiro atoms. The van der Waals surface area contributed by atoms with E-state index in [9.17, 15) is 9.36 Å². The summed E-state index contributed by atoms with van der Waals surface area (Å²) in [5, 5.41) is 0. The standard InChI is InChI=1S/C6H11O6P.2Na.2H/c1-3-6(7)11-4-5-12-13(8,9)10-2;;;;/h3H,1,4-5H2,2H3,(H,8,9);;;;/q;2*+1;2*-1. The predicted octanol–water partition coefficient (Wildman–Crippen LogP) is -5.29. The van der Waals surface area contributed by atoms with Crippen LogP contribution in [0.25, 0.3) is 0 Å². The Labute approximate surface area is 136 Å². The van der Waals surface area contributed by atoms with Crippen molar-refractivity contribution in [3.05, 3.63) is 12.7 Å². The summed E-state index contributed by atoms with van der Waals surface area (Å²) in [4.78, 5) is 19.1. The van der Waals surface area contributed by atoms with Gasteiger partial charge in [0.2, 0.25) is 0 Å². The number of esters is 1. The monoisotopic (exact) mass is 258 g/mol. The Morgan fingerprint density at radius 2 is 2.07 bits per heavy atom. The molecule has 80 valence electrons. The van der Waals surface area contributed by atoms with Crippen molar-refractivity contribution in [3.8, 4) is 0 Å². The van der Waals surface area contributed by atoms with Crippen LogP contribution >= 0.6 is 7.82 Å². The Morgan fingerprint density at radius 1 is 1.53 bits per heavy atom. The van der Waals surface area contributed by atoms with Crippen LogP contribution in [0.3, 0.4) is 0 Å². The first-order chi connectivity index (χ1) is 6.02. The molecule has 0 heterocycles. The number of ether oxygens (including phenoxy) is 1. The molecule has 0 saturated carbocycles. The predicted molar refractivity (Wildman–Crippen MR) is 46.2 cm³/mol. The molecule has 0 amide bonds. The summed E-state index contributed by atoms with van der Waals surface area (Å²) in [5.41, 5.74) is 0. The summed E-state index contributed by atoms with van der Waals surface area (Å²) in [6.45, 7) is 2.83. The van der Waals surface area contributed by atoms with Gasteiger partial charge in [0.1, 0.15) is 6.61 Å². The van der Waals surface area contributed by atoms with Crippen molar-refractivity contribution in [1.29, 1.82) is 0 Å². The maximum Gasteiger partial charge on any atom is 1.00 e. The third kappa shape index (κ3) is 13.3. The second kappa shape index (κ2) is 11.8. The Hall–Kier alpha value is 1.32. The molecule has 1 unspecified atom stereocenters. The molecule has 0 saturated heterocycles. The van der Waals surface area contributed by atoms with Crippen LogP contribution in [0.5, 0.6) is 0 Å². The van der Waals surface area contributed by atoms with Gasteiger partial charge in [0.15, 0.2) is 0 Å². The molecule has 0 fully saturated rings. The first-order valence-electron chi connectivity index (χ1n) is 3.34. The maximum absolute atomic E-state index is 10.6. The number of hydrogen-bond acceptors (Lipinski definition) is 5. The summed E-state index contributed by atoms with van der Waals surface area (Å²) >= 11 is 0. The van der Waals surface area contributed by atoms with Crippen molar-refractivity contribution in [1.82, 2.24) is 0 Å². The molecular weight excluding hydrogens is 245 g/mol. The van der Waals surface area contributed by atoms with Gasteiger partial charge in [-0.1, -0.05) is 6.58 Å². The molecule has 1 atom stereocenters. The Morgan fingerprint density at radius 3 is 2.47 bits per heavy atom. The summed E-state index contributed by atoms with van der Waals surface area (Å²) in [7, 11) is -2.92. The van der Waals surface area contributed by atoms with E-state index in [1.807, 2.05) is 0 Å². The van der Waals surface area contributed by atoms with Crippen LogP contribution in [0.4, 0.5) is 0 Å². The number of phosphoric ester groups is 1. The van der Waals surface area contributed by atoms with Crippen LogP contribution < -0.4 is 59.1 Å². The van der Waals surface area contributed by atoms with Gasteiger partial charge in [-0.15, -0.1) is 0 Å². The van der Waals surface area contributed by atoms with Crippen molar-refractivity contribution in [2.45, 2.75) is 0 Å². The van der Waals surface area contributed by atoms with Crippen LogP contribution in [-0.2, 0) is 23.1 Å². The molecule has 0 aliphatic rings. The van der Waals surface area contributed by atoms with Crippen LogP contribution in [0, 0.1) is 0 Å². The molecule has 9 heteroatoms. The zero-order valence-electron chi connectivity index (χ0n) is 11.1. The van der Waals surface area contributed by atoms with Gasteiger partial charge in [0.05, 0.1) is 6.61 Å². The van der Waals surface area contributed by atoms with Crippen molar-refractivity contribution >= 4 is 13.8 Å². The fraction of sp³-hybridized carbons (Fsp3) is 0.500. The van der Waals surface area contributed by atoms with E-state index < -0.39 is 13.8 Å². The Kier molecular flexibility index (Phi) is 17.0. The minimum Gasteiger partial charge on any atom is -1.00 e. The second-order valence-corrected chi connectivity index (χ2v) is 3.42. The van der Waals surface area contributed by atoms with E-state index in [0.717, 1.165) is 13.2 Å². The minimum atomic E-state index is -3.96. The third-order valence-electron chi connectivity index (χ3n) is 0.979. The molecule has 0 aromatic rings. The van der Waals surface area contributed by atoms with Crippen molar-refractivity contribution < 1.29 is 90.0 Å². The van der Waals surface area contributed by atoms with Crippen LogP contribution in [0.2, 0.25) is 0 Å².